The average molecular weight is 396 g/mol. The molecular formula is C2H37B31. The monoisotopic (exact) mass is 403 g/mol. The van der Waals surface area contributed by atoms with Gasteiger partial charge < -0.3 is 0 Å². The summed E-state index contributed by atoms with van der Waals surface area (Å²) in [5, 5.41) is 0. The summed E-state index contributed by atoms with van der Waals surface area (Å²) in [7, 11) is 40.3. The first-order valence-corrected chi connectivity index (χ1v) is 15.0. The zero-order valence-electron chi connectivity index (χ0n) is 26.4. The Kier molecular flexibility index (Phi) is 17.1. The molecule has 0 aromatic heterocycles. The number of hydrogen-bond donors (Lipinski definition) is 0. The maximum absolute atomic E-state index is 2.54. The van der Waals surface area contributed by atoms with Crippen molar-refractivity contribution in [1.82, 2.24) is 0 Å². The summed E-state index contributed by atoms with van der Waals surface area (Å²) in [4.78, 5) is 0. The van der Waals surface area contributed by atoms with E-state index in [2.05, 4.69) is 131 Å². The smallest absolute Gasteiger partial charge is 0.0552 e. The fraction of sp³-hybridized carbons (Fsp3) is 1.00. The van der Waals surface area contributed by atoms with Crippen LogP contribution in [0.3, 0.4) is 0 Å². The van der Waals surface area contributed by atoms with Gasteiger partial charge in [-0.05, 0) is 0 Å². The highest BCUT2D eigenvalue weighted by Crippen LogP contribution is 2.17. The van der Waals surface area contributed by atoms with Crippen LogP contribution < -0.4 is 0 Å². The molecule has 31 heteroatoms. The summed E-state index contributed by atoms with van der Waals surface area (Å²) >= 11 is 0. The minimum absolute atomic E-state index is 0.734. The standard InChI is InChI=1S/C2H37B31/c1-2-19(28(30(20(3)4)21(5)6)31(22(7)8)23(9)10)29(32(24(11)12)25(13)14)33(26(15)16)27(17)18/h2-18H2,1H3. The van der Waals surface area contributed by atoms with Gasteiger partial charge in [0.2, 0.25) is 0 Å². The third-order valence-electron chi connectivity index (χ3n) is 9.40. The van der Waals surface area contributed by atoms with Crippen molar-refractivity contribution in [2.24, 2.45) is 0 Å². The van der Waals surface area contributed by atoms with Crippen LogP contribution in [0.4, 0.5) is 0 Å². The summed E-state index contributed by atoms with van der Waals surface area (Å²) in [6, 6.07) is 0. The van der Waals surface area contributed by atoms with Gasteiger partial charge in [0.1, 0.15) is 0 Å². The molecule has 0 aliphatic carbocycles. The first-order valence-electron chi connectivity index (χ1n) is 15.0. The second-order valence-electron chi connectivity index (χ2n) is 14.5. The van der Waals surface area contributed by atoms with E-state index < -0.39 is 0 Å². The first kappa shape index (κ1) is 35.0. The summed E-state index contributed by atoms with van der Waals surface area (Å²) in [6.45, 7) is 3.33. The third-order valence-corrected chi connectivity index (χ3v) is 9.40. The fourth-order valence-corrected chi connectivity index (χ4v) is 9.09. The Morgan fingerprint density at radius 1 is 0.303 bits per heavy atom. The normalized spacial score (nSPS) is 9.61. The van der Waals surface area contributed by atoms with E-state index >= 15 is 0 Å². The topological polar surface area (TPSA) is 0 Å². The molecule has 0 amide bonds. The molecule has 0 saturated carbocycles. The van der Waals surface area contributed by atoms with E-state index in [1.54, 1.807) is 0 Å². The van der Waals surface area contributed by atoms with Crippen molar-refractivity contribution in [2.45, 2.75) is 13.2 Å². The van der Waals surface area contributed by atoms with Crippen molar-refractivity contribution in [3.05, 3.63) is 0 Å². The van der Waals surface area contributed by atoms with Crippen LogP contribution in [0.15, 0.2) is 0 Å². The lowest BCUT2D eigenvalue weighted by Crippen LogP contribution is -2.86. The highest BCUT2D eigenvalue weighted by Gasteiger charge is 2.53. The van der Waals surface area contributed by atoms with E-state index in [9.17, 15) is 0 Å². The summed E-state index contributed by atoms with van der Waals surface area (Å²) in [6.07, 6.45) is 11.9. The molecule has 0 saturated heterocycles. The second-order valence-corrected chi connectivity index (χ2v) is 14.5. The van der Waals surface area contributed by atoms with Crippen molar-refractivity contribution in [1.29, 1.82) is 0 Å². The van der Waals surface area contributed by atoms with Crippen LogP contribution in [0, 0.1) is 0 Å². The van der Waals surface area contributed by atoms with Gasteiger partial charge in [0.15, 0.2) is 0 Å². The predicted octanol–water partition coefficient (Wildman–Crippen LogP) is -19.4. The zero-order chi connectivity index (χ0) is 26.4. The SMILES string of the molecule is BB(B)B(B(B)B)B(B(CC)B(B(B(B)B)B(B)B)B(B(B)B)B(B)B)B(B(B)B)B(B)B. The average Bonchev–Trinajstić information content (AvgIpc) is 2.59. The van der Waals surface area contributed by atoms with Gasteiger partial charge in [-0.3, -0.25) is 0 Å². The summed E-state index contributed by atoms with van der Waals surface area (Å²) in [5.74, 6) is 0. The van der Waals surface area contributed by atoms with Crippen LogP contribution in [0.5, 0.6) is 0 Å². The van der Waals surface area contributed by atoms with Gasteiger partial charge in [-0.1, -0.05) is 13.2 Å². The molecule has 0 rings (SSSR count). The van der Waals surface area contributed by atoms with E-state index in [0.717, 1.165) is 95.9 Å². The highest BCUT2D eigenvalue weighted by atomic mass is 13.5. The zero-order valence-corrected chi connectivity index (χ0v) is 26.4. The van der Waals surface area contributed by atoms with Crippen LogP contribution in [0.25, 0.3) is 0 Å². The number of rotatable bonds is 15. The Hall–Kier alpha value is 2.01. The van der Waals surface area contributed by atoms with E-state index in [-0.39, 0.29) is 0 Å². The Morgan fingerprint density at radius 3 is 0.545 bits per heavy atom. The molecule has 0 aromatic carbocycles. The van der Waals surface area contributed by atoms with Crippen molar-refractivity contribution in [2.75, 3.05) is 0 Å². The molecule has 0 N–H and O–H groups in total. The lowest BCUT2D eigenvalue weighted by molar-refractivity contribution is 1.46. The molecule has 0 heterocycles. The van der Waals surface area contributed by atoms with Crippen molar-refractivity contribution < 1.29 is 0 Å². The van der Waals surface area contributed by atoms with E-state index in [1.807, 2.05) is 0 Å². The second kappa shape index (κ2) is 16.1. The Balaban J connectivity index is 7.25. The minimum atomic E-state index is 0.734. The lowest BCUT2D eigenvalue weighted by atomic mass is 8.34. The van der Waals surface area contributed by atoms with E-state index in [4.69, 9.17) is 0 Å². The van der Waals surface area contributed by atoms with Crippen LogP contribution in [-0.2, 0) is 0 Å². The molecule has 0 spiro atoms. The maximum Gasteiger partial charge on any atom is 0.0552 e. The lowest BCUT2D eigenvalue weighted by Gasteiger charge is -2.48. The molecule has 0 nitrogen and oxygen atoms in total. The van der Waals surface area contributed by atoms with Crippen molar-refractivity contribution in [3.63, 3.8) is 0 Å². The fourth-order valence-electron chi connectivity index (χ4n) is 9.09. The van der Waals surface area contributed by atoms with Gasteiger partial charge in [0, 0.05) is 95.9 Å². The molecule has 138 valence electrons. The van der Waals surface area contributed by atoms with Gasteiger partial charge in [0.25, 0.3) is 0 Å². The predicted molar refractivity (Wildman–Crippen MR) is 233 cm³/mol. The molecule has 0 aliphatic heterocycles. The quantitative estimate of drug-likeness (QED) is 0.241. The Bertz CT molecular complexity index is 387. The van der Waals surface area contributed by atoms with Crippen LogP contribution >= 0.6 is 0 Å². The van der Waals surface area contributed by atoms with Gasteiger partial charge in [-0.25, -0.2) is 0 Å². The van der Waals surface area contributed by atoms with E-state index in [1.165, 1.54) is 6.32 Å². The van der Waals surface area contributed by atoms with Gasteiger partial charge in [-0.15, -0.1) is 0 Å². The van der Waals surface area contributed by atoms with Crippen molar-refractivity contribution >= 4 is 220 Å². The van der Waals surface area contributed by atoms with Crippen LogP contribution in [0.1, 0.15) is 6.92 Å². The van der Waals surface area contributed by atoms with Crippen LogP contribution in [0.2, 0.25) is 6.32 Å². The van der Waals surface area contributed by atoms with Gasteiger partial charge in [0.05, 0.1) is 124 Å². The molecule has 33 heavy (non-hydrogen) atoms. The largest absolute Gasteiger partial charge is 0.0930 e. The summed E-state index contributed by atoms with van der Waals surface area (Å²) < 4.78 is 0. The van der Waals surface area contributed by atoms with Crippen LogP contribution in [-0.4, -0.2) is 220 Å². The first-order chi connectivity index (χ1) is 15.0. The summed E-state index contributed by atoms with van der Waals surface area (Å²) in [5.41, 5.74) is 0. The third kappa shape index (κ3) is 9.68. The highest BCUT2D eigenvalue weighted by molar-refractivity contribution is 8.24. The van der Waals surface area contributed by atoms with Crippen molar-refractivity contribution in [3.8, 4) is 0 Å². The maximum atomic E-state index is 2.54. The molecule has 0 aliphatic rings. The molecule has 0 aromatic rings. The van der Waals surface area contributed by atoms with E-state index in [0.29, 0.717) is 0 Å². The molecule has 0 fully saturated rings. The van der Waals surface area contributed by atoms with Gasteiger partial charge >= 0.3 is 0 Å². The Labute approximate surface area is 231 Å². The number of hydrogen-bond acceptors (Lipinski definition) is 0. The molecule has 0 atom stereocenters. The molecule has 0 radical (unpaired) electrons. The molecule has 0 bridgehead atoms. The van der Waals surface area contributed by atoms with Gasteiger partial charge in [-0.2, -0.15) is 0 Å². The minimum Gasteiger partial charge on any atom is -0.0930 e. The molecular weight excluding hydrogens is 359 g/mol. The molecule has 0 unspecified atom stereocenters. The Morgan fingerprint density at radius 2 is 0.455 bits per heavy atom.